The minimum atomic E-state index is -3.64. The van der Waals surface area contributed by atoms with Gasteiger partial charge in [-0.05, 0) is 60.7 Å². The summed E-state index contributed by atoms with van der Waals surface area (Å²) in [6.07, 6.45) is 1.69. The molecule has 1 aliphatic rings. The van der Waals surface area contributed by atoms with E-state index in [1.807, 2.05) is 48.5 Å². The highest BCUT2D eigenvalue weighted by Gasteiger charge is 2.28. The molecule has 178 valence electrons. The Morgan fingerprint density at radius 2 is 1.74 bits per heavy atom. The van der Waals surface area contributed by atoms with Crippen molar-refractivity contribution in [3.63, 3.8) is 0 Å². The normalized spacial score (nSPS) is 13.4. The van der Waals surface area contributed by atoms with E-state index < -0.39 is 10.0 Å². The van der Waals surface area contributed by atoms with Crippen molar-refractivity contribution in [3.8, 4) is 11.5 Å². The first-order valence-electron chi connectivity index (χ1n) is 11.1. The second kappa shape index (κ2) is 10.3. The quantitative estimate of drug-likeness (QED) is 0.458. The van der Waals surface area contributed by atoms with Crippen LogP contribution in [0.15, 0.2) is 71.6 Å². The smallest absolute Gasteiger partial charge is 0.251 e. The van der Waals surface area contributed by atoms with Gasteiger partial charge in [-0.3, -0.25) is 4.79 Å². The summed E-state index contributed by atoms with van der Waals surface area (Å²) in [5.74, 6) is 0.834. The number of hydrogen-bond donors (Lipinski definition) is 2. The SMILES string of the molecule is COc1cc(CNC(=O)c2cc(S(=O)(=O)NC3CC3)ccc2C)ccc1OCc1ccccc1. The van der Waals surface area contributed by atoms with Crippen molar-refractivity contribution in [2.24, 2.45) is 0 Å². The molecule has 34 heavy (non-hydrogen) atoms. The predicted octanol–water partition coefficient (Wildman–Crippen LogP) is 3.95. The summed E-state index contributed by atoms with van der Waals surface area (Å²) >= 11 is 0. The Bertz CT molecular complexity index is 1270. The number of benzene rings is 3. The van der Waals surface area contributed by atoms with E-state index in [-0.39, 0.29) is 23.4 Å². The predicted molar refractivity (Wildman–Crippen MR) is 129 cm³/mol. The molecule has 0 radical (unpaired) electrons. The number of methoxy groups -OCH3 is 1. The zero-order chi connectivity index (χ0) is 24.1. The summed E-state index contributed by atoms with van der Waals surface area (Å²) in [5.41, 5.74) is 2.90. The van der Waals surface area contributed by atoms with Crippen molar-refractivity contribution in [1.82, 2.24) is 10.0 Å². The molecule has 4 rings (SSSR count). The zero-order valence-corrected chi connectivity index (χ0v) is 20.0. The van der Waals surface area contributed by atoms with E-state index in [1.54, 1.807) is 20.1 Å². The maximum atomic E-state index is 12.9. The molecule has 0 saturated heterocycles. The van der Waals surface area contributed by atoms with E-state index in [0.29, 0.717) is 29.2 Å². The number of aryl methyl sites for hydroxylation is 1. The van der Waals surface area contributed by atoms with E-state index in [2.05, 4.69) is 10.0 Å². The van der Waals surface area contributed by atoms with Crippen LogP contribution in [-0.2, 0) is 23.2 Å². The lowest BCUT2D eigenvalue weighted by Crippen LogP contribution is -2.27. The van der Waals surface area contributed by atoms with E-state index in [0.717, 1.165) is 24.0 Å². The fourth-order valence-electron chi connectivity index (χ4n) is 3.46. The average Bonchev–Trinajstić information content (AvgIpc) is 3.65. The first-order chi connectivity index (χ1) is 16.4. The Kier molecular flexibility index (Phi) is 7.19. The van der Waals surface area contributed by atoms with Gasteiger partial charge in [-0.2, -0.15) is 0 Å². The van der Waals surface area contributed by atoms with Crippen LogP contribution in [0, 0.1) is 6.92 Å². The number of nitrogens with one attached hydrogen (secondary N) is 2. The Hall–Kier alpha value is -3.36. The molecule has 0 spiro atoms. The first-order valence-corrected chi connectivity index (χ1v) is 12.6. The van der Waals surface area contributed by atoms with Crippen LogP contribution >= 0.6 is 0 Å². The standard InChI is InChI=1S/C26H28N2O5S/c1-18-8-12-22(34(30,31)28-21-10-11-21)15-23(18)26(29)27-16-20-9-13-24(25(14-20)32-2)33-17-19-6-4-3-5-7-19/h3-9,12-15,21,28H,10-11,16-17H2,1-2H3,(H,27,29). The molecule has 3 aromatic carbocycles. The molecule has 1 fully saturated rings. The van der Waals surface area contributed by atoms with E-state index in [1.165, 1.54) is 12.1 Å². The third kappa shape index (κ3) is 5.95. The van der Waals surface area contributed by atoms with Crippen LogP contribution in [0.1, 0.15) is 39.9 Å². The van der Waals surface area contributed by atoms with Crippen molar-refractivity contribution in [2.75, 3.05) is 7.11 Å². The summed E-state index contributed by atoms with van der Waals surface area (Å²) in [5, 5.41) is 2.87. The minimum Gasteiger partial charge on any atom is -0.493 e. The molecule has 3 aromatic rings. The van der Waals surface area contributed by atoms with Gasteiger partial charge in [0, 0.05) is 18.2 Å². The van der Waals surface area contributed by atoms with Gasteiger partial charge in [-0.15, -0.1) is 0 Å². The number of sulfonamides is 1. The van der Waals surface area contributed by atoms with Gasteiger partial charge in [-0.25, -0.2) is 13.1 Å². The lowest BCUT2D eigenvalue weighted by atomic mass is 10.1. The maximum absolute atomic E-state index is 12.9. The summed E-state index contributed by atoms with van der Waals surface area (Å²) in [6, 6.07) is 19.9. The highest BCUT2D eigenvalue weighted by atomic mass is 32.2. The Morgan fingerprint density at radius 1 is 0.971 bits per heavy atom. The molecule has 7 nitrogen and oxygen atoms in total. The third-order valence-electron chi connectivity index (χ3n) is 5.58. The number of carbonyl (C=O) groups excluding carboxylic acids is 1. The van der Waals surface area contributed by atoms with E-state index >= 15 is 0 Å². The van der Waals surface area contributed by atoms with Crippen LogP contribution in [0.3, 0.4) is 0 Å². The van der Waals surface area contributed by atoms with Gasteiger partial charge in [0.2, 0.25) is 10.0 Å². The van der Waals surface area contributed by atoms with Crippen LogP contribution < -0.4 is 19.5 Å². The highest BCUT2D eigenvalue weighted by Crippen LogP contribution is 2.29. The number of rotatable bonds is 10. The molecule has 8 heteroatoms. The maximum Gasteiger partial charge on any atom is 0.251 e. The molecule has 1 saturated carbocycles. The van der Waals surface area contributed by atoms with Gasteiger partial charge >= 0.3 is 0 Å². The molecule has 0 bridgehead atoms. The molecule has 1 aliphatic carbocycles. The Morgan fingerprint density at radius 3 is 2.44 bits per heavy atom. The molecule has 1 amide bonds. The second-order valence-corrected chi connectivity index (χ2v) is 10.0. The van der Waals surface area contributed by atoms with Crippen molar-refractivity contribution in [1.29, 1.82) is 0 Å². The lowest BCUT2D eigenvalue weighted by Gasteiger charge is -2.14. The number of hydrogen-bond acceptors (Lipinski definition) is 5. The van der Waals surface area contributed by atoms with Crippen LogP contribution in [0.2, 0.25) is 0 Å². The summed E-state index contributed by atoms with van der Waals surface area (Å²) < 4.78 is 39.0. The number of ether oxygens (including phenoxy) is 2. The molecular formula is C26H28N2O5S. The van der Waals surface area contributed by atoms with Gasteiger partial charge in [0.25, 0.3) is 5.91 Å². The van der Waals surface area contributed by atoms with Gasteiger partial charge in [0.1, 0.15) is 6.61 Å². The highest BCUT2D eigenvalue weighted by molar-refractivity contribution is 7.89. The average molecular weight is 481 g/mol. The molecule has 0 atom stereocenters. The number of carbonyl (C=O) groups is 1. The molecule has 2 N–H and O–H groups in total. The fraction of sp³-hybridized carbons (Fsp3) is 0.269. The van der Waals surface area contributed by atoms with Crippen LogP contribution in [-0.4, -0.2) is 27.5 Å². The Balaban J connectivity index is 1.42. The van der Waals surface area contributed by atoms with Gasteiger partial charge in [0.15, 0.2) is 11.5 Å². The van der Waals surface area contributed by atoms with Crippen LogP contribution in [0.5, 0.6) is 11.5 Å². The monoisotopic (exact) mass is 480 g/mol. The molecule has 0 heterocycles. The summed E-state index contributed by atoms with van der Waals surface area (Å²) in [7, 11) is -2.07. The summed E-state index contributed by atoms with van der Waals surface area (Å²) in [4.78, 5) is 12.9. The third-order valence-corrected chi connectivity index (χ3v) is 7.10. The second-order valence-electron chi connectivity index (χ2n) is 8.31. The van der Waals surface area contributed by atoms with Crippen molar-refractivity contribution in [3.05, 3.63) is 89.0 Å². The summed E-state index contributed by atoms with van der Waals surface area (Å²) in [6.45, 7) is 2.45. The molecule has 0 aromatic heterocycles. The van der Waals surface area contributed by atoms with Crippen molar-refractivity contribution < 1.29 is 22.7 Å². The minimum absolute atomic E-state index is 0.00166. The first kappa shape index (κ1) is 23.8. The molecular weight excluding hydrogens is 452 g/mol. The van der Waals surface area contributed by atoms with Gasteiger partial charge < -0.3 is 14.8 Å². The van der Waals surface area contributed by atoms with E-state index in [9.17, 15) is 13.2 Å². The number of amides is 1. The largest absolute Gasteiger partial charge is 0.493 e. The molecule has 0 aliphatic heterocycles. The van der Waals surface area contributed by atoms with Crippen molar-refractivity contribution in [2.45, 2.75) is 43.9 Å². The van der Waals surface area contributed by atoms with Crippen LogP contribution in [0.4, 0.5) is 0 Å². The van der Waals surface area contributed by atoms with Crippen molar-refractivity contribution >= 4 is 15.9 Å². The fourth-order valence-corrected chi connectivity index (χ4v) is 4.79. The van der Waals surface area contributed by atoms with Gasteiger partial charge in [-0.1, -0.05) is 42.5 Å². The topological polar surface area (TPSA) is 93.7 Å². The van der Waals surface area contributed by atoms with Gasteiger partial charge in [0.05, 0.1) is 12.0 Å². The Labute approximate surface area is 200 Å². The zero-order valence-electron chi connectivity index (χ0n) is 19.2. The lowest BCUT2D eigenvalue weighted by molar-refractivity contribution is 0.0950. The molecule has 0 unspecified atom stereocenters. The van der Waals surface area contributed by atoms with Crippen LogP contribution in [0.25, 0.3) is 0 Å². The van der Waals surface area contributed by atoms with E-state index in [4.69, 9.17) is 9.47 Å².